The topological polar surface area (TPSA) is 71.4 Å². The van der Waals surface area contributed by atoms with Gasteiger partial charge < -0.3 is 5.11 Å². The SMILES string of the molecule is O=C(O)c1cc(S(=O)(=O)F)sc1Br. The quantitative estimate of drug-likeness (QED) is 0.844. The summed E-state index contributed by atoms with van der Waals surface area (Å²) in [7, 11) is -4.81. The average molecular weight is 289 g/mol. The third-order valence-corrected chi connectivity index (χ3v) is 4.21. The van der Waals surface area contributed by atoms with E-state index in [-0.39, 0.29) is 9.35 Å². The van der Waals surface area contributed by atoms with Crippen molar-refractivity contribution in [3.63, 3.8) is 0 Å². The first-order chi connectivity index (χ1) is 5.82. The number of carbonyl (C=O) groups is 1. The zero-order chi connectivity index (χ0) is 10.2. The van der Waals surface area contributed by atoms with E-state index in [9.17, 15) is 17.1 Å². The zero-order valence-electron chi connectivity index (χ0n) is 5.82. The van der Waals surface area contributed by atoms with Crippen LogP contribution in [-0.4, -0.2) is 19.5 Å². The second kappa shape index (κ2) is 3.35. The van der Waals surface area contributed by atoms with Crippen LogP contribution in [-0.2, 0) is 10.2 Å². The summed E-state index contributed by atoms with van der Waals surface area (Å²) in [6, 6.07) is 0.770. The Bertz CT molecular complexity index is 449. The number of hydrogen-bond donors (Lipinski definition) is 1. The molecule has 0 fully saturated rings. The Balaban J connectivity index is 3.33. The highest BCUT2D eigenvalue weighted by atomic mass is 79.9. The first-order valence-electron chi connectivity index (χ1n) is 2.79. The average Bonchev–Trinajstić information content (AvgIpc) is 2.29. The van der Waals surface area contributed by atoms with Crippen molar-refractivity contribution in [2.45, 2.75) is 4.21 Å². The van der Waals surface area contributed by atoms with E-state index in [1.165, 1.54) is 0 Å². The molecule has 0 aliphatic rings. The van der Waals surface area contributed by atoms with Crippen molar-refractivity contribution < 1.29 is 22.2 Å². The summed E-state index contributed by atoms with van der Waals surface area (Å²) in [6.45, 7) is 0. The van der Waals surface area contributed by atoms with Crippen molar-refractivity contribution in [2.24, 2.45) is 0 Å². The molecule has 0 bridgehead atoms. The molecule has 1 aromatic rings. The van der Waals surface area contributed by atoms with Gasteiger partial charge in [0.05, 0.1) is 9.35 Å². The summed E-state index contributed by atoms with van der Waals surface area (Å²) in [4.78, 5) is 10.4. The highest BCUT2D eigenvalue weighted by molar-refractivity contribution is 9.11. The molecule has 0 saturated carbocycles. The van der Waals surface area contributed by atoms with Crippen molar-refractivity contribution in [2.75, 3.05) is 0 Å². The molecule has 0 unspecified atom stereocenters. The van der Waals surface area contributed by atoms with Crippen LogP contribution in [0.15, 0.2) is 14.1 Å². The molecular formula is C5H2BrFO4S2. The van der Waals surface area contributed by atoms with Crippen LogP contribution in [0.1, 0.15) is 10.4 Å². The minimum atomic E-state index is -4.81. The first kappa shape index (κ1) is 10.6. The Morgan fingerprint density at radius 3 is 2.38 bits per heavy atom. The van der Waals surface area contributed by atoms with Gasteiger partial charge in [-0.2, -0.15) is 8.42 Å². The van der Waals surface area contributed by atoms with E-state index in [0.717, 1.165) is 6.07 Å². The minimum Gasteiger partial charge on any atom is -0.478 e. The molecule has 1 heterocycles. The molecule has 72 valence electrons. The van der Waals surface area contributed by atoms with Gasteiger partial charge in [-0.1, -0.05) is 3.89 Å². The maximum atomic E-state index is 12.3. The number of carboxylic acids is 1. The van der Waals surface area contributed by atoms with E-state index in [1.54, 1.807) is 0 Å². The molecule has 0 saturated heterocycles. The molecule has 0 aliphatic carbocycles. The van der Waals surface area contributed by atoms with Crippen LogP contribution in [0.4, 0.5) is 3.89 Å². The summed E-state index contributed by atoms with van der Waals surface area (Å²) in [5, 5.41) is 8.50. The van der Waals surface area contributed by atoms with E-state index in [0.29, 0.717) is 11.3 Å². The molecule has 0 radical (unpaired) electrons. The highest BCUT2D eigenvalue weighted by Crippen LogP contribution is 2.31. The molecule has 1 aromatic heterocycles. The second-order valence-electron chi connectivity index (χ2n) is 2.00. The van der Waals surface area contributed by atoms with Gasteiger partial charge in [0.15, 0.2) is 4.21 Å². The van der Waals surface area contributed by atoms with Crippen molar-refractivity contribution in [1.82, 2.24) is 0 Å². The van der Waals surface area contributed by atoms with Gasteiger partial charge >= 0.3 is 16.2 Å². The van der Waals surface area contributed by atoms with Gasteiger partial charge in [-0.3, -0.25) is 0 Å². The van der Waals surface area contributed by atoms with Crippen molar-refractivity contribution >= 4 is 43.5 Å². The number of rotatable bonds is 2. The standard InChI is InChI=1S/C5H2BrFO4S2/c6-4-2(5(8)9)1-3(12-4)13(7,10)11/h1H,(H,8,9). The molecule has 13 heavy (non-hydrogen) atoms. The largest absolute Gasteiger partial charge is 0.478 e. The van der Waals surface area contributed by atoms with Gasteiger partial charge in [0.2, 0.25) is 0 Å². The van der Waals surface area contributed by atoms with E-state index >= 15 is 0 Å². The Labute approximate surface area is 85.3 Å². The Kier molecular flexibility index (Phi) is 2.74. The number of thiophene rings is 1. The predicted octanol–water partition coefficient (Wildman–Crippen LogP) is 1.87. The molecule has 0 aromatic carbocycles. The molecule has 1 rings (SSSR count). The molecule has 0 atom stereocenters. The van der Waals surface area contributed by atoms with Gasteiger partial charge in [-0.25, -0.2) is 4.79 Å². The van der Waals surface area contributed by atoms with E-state index in [4.69, 9.17) is 5.11 Å². The third kappa shape index (κ3) is 2.26. The van der Waals surface area contributed by atoms with Crippen LogP contribution in [0.25, 0.3) is 0 Å². The van der Waals surface area contributed by atoms with Crippen LogP contribution in [0.2, 0.25) is 0 Å². The molecule has 0 amide bonds. The van der Waals surface area contributed by atoms with Crippen LogP contribution in [0.3, 0.4) is 0 Å². The third-order valence-electron chi connectivity index (χ3n) is 1.13. The molecule has 1 N–H and O–H groups in total. The lowest BCUT2D eigenvalue weighted by atomic mass is 10.4. The molecule has 8 heteroatoms. The summed E-state index contributed by atoms with van der Waals surface area (Å²) in [5.41, 5.74) is -0.263. The smallest absolute Gasteiger partial charge is 0.341 e. The Hall–Kier alpha value is -0.470. The van der Waals surface area contributed by atoms with Gasteiger partial charge in [0.1, 0.15) is 0 Å². The number of halogens is 2. The maximum Gasteiger partial charge on any atom is 0.341 e. The summed E-state index contributed by atoms with van der Waals surface area (Å²) in [5.74, 6) is -1.31. The van der Waals surface area contributed by atoms with Crippen LogP contribution < -0.4 is 0 Å². The normalized spacial score (nSPS) is 11.5. The minimum absolute atomic E-state index is 0.0798. The van der Waals surface area contributed by atoms with Gasteiger partial charge in [0.25, 0.3) is 0 Å². The molecule has 0 spiro atoms. The van der Waals surface area contributed by atoms with Crippen LogP contribution in [0.5, 0.6) is 0 Å². The summed E-state index contributed by atoms with van der Waals surface area (Å²) >= 11 is 3.34. The van der Waals surface area contributed by atoms with E-state index in [2.05, 4.69) is 15.9 Å². The number of carboxylic acid groups (broad SMARTS) is 1. The summed E-state index contributed by atoms with van der Waals surface area (Å²) in [6.07, 6.45) is 0. The molecular weight excluding hydrogens is 287 g/mol. The van der Waals surface area contributed by atoms with Crippen molar-refractivity contribution in [1.29, 1.82) is 0 Å². The Morgan fingerprint density at radius 2 is 2.15 bits per heavy atom. The maximum absolute atomic E-state index is 12.3. The van der Waals surface area contributed by atoms with Crippen molar-refractivity contribution in [3.8, 4) is 0 Å². The molecule has 0 aliphatic heterocycles. The van der Waals surface area contributed by atoms with Crippen molar-refractivity contribution in [3.05, 3.63) is 15.4 Å². The molecule has 4 nitrogen and oxygen atoms in total. The van der Waals surface area contributed by atoms with Crippen LogP contribution in [0, 0.1) is 0 Å². The van der Waals surface area contributed by atoms with E-state index < -0.39 is 20.4 Å². The second-order valence-corrected chi connectivity index (χ2v) is 5.94. The fourth-order valence-electron chi connectivity index (χ4n) is 0.613. The van der Waals surface area contributed by atoms with Crippen LogP contribution >= 0.6 is 27.3 Å². The Morgan fingerprint density at radius 1 is 1.62 bits per heavy atom. The summed E-state index contributed by atoms with van der Waals surface area (Å²) < 4.78 is 32.5. The predicted molar refractivity (Wildman–Crippen MR) is 47.3 cm³/mol. The fourth-order valence-corrected chi connectivity index (χ4v) is 3.26. The first-order valence-corrected chi connectivity index (χ1v) is 5.79. The number of hydrogen-bond acceptors (Lipinski definition) is 4. The monoisotopic (exact) mass is 288 g/mol. The van der Waals surface area contributed by atoms with Gasteiger partial charge in [-0.05, 0) is 22.0 Å². The number of aromatic carboxylic acids is 1. The lowest BCUT2D eigenvalue weighted by Gasteiger charge is -1.84. The van der Waals surface area contributed by atoms with Gasteiger partial charge in [-0.15, -0.1) is 11.3 Å². The lowest BCUT2D eigenvalue weighted by molar-refractivity contribution is 0.0696. The fraction of sp³-hybridized carbons (Fsp3) is 0. The van der Waals surface area contributed by atoms with Gasteiger partial charge in [0, 0.05) is 0 Å². The van der Waals surface area contributed by atoms with E-state index in [1.807, 2.05) is 0 Å². The lowest BCUT2D eigenvalue weighted by Crippen LogP contribution is -1.94. The zero-order valence-corrected chi connectivity index (χ0v) is 9.04. The highest BCUT2D eigenvalue weighted by Gasteiger charge is 2.21.